The van der Waals surface area contributed by atoms with Crippen LogP contribution in [-0.4, -0.2) is 21.5 Å². The topological polar surface area (TPSA) is 94.5 Å². The number of hydrogen-bond acceptors (Lipinski definition) is 5. The molecule has 0 saturated carbocycles. The normalized spacial score (nSPS) is 13.9. The quantitative estimate of drug-likeness (QED) is 0.719. The van der Waals surface area contributed by atoms with Gasteiger partial charge in [0, 0.05) is 23.6 Å². The molecule has 1 aliphatic carbocycles. The van der Waals surface area contributed by atoms with E-state index in [2.05, 4.69) is 39.6 Å². The first-order valence-corrected chi connectivity index (χ1v) is 9.59. The molecule has 0 fully saturated rings. The predicted octanol–water partition coefficient (Wildman–Crippen LogP) is 3.17. The van der Waals surface area contributed by atoms with Gasteiger partial charge in [-0.3, -0.25) is 4.79 Å². The number of carbonyl (C=O) groups is 1. The molecule has 1 aromatic heterocycles. The molecule has 0 unspecified atom stereocenters. The SMILES string of the molecule is NC1=Nc2ccc(NC(=O)Cn3ccnc3)cc2CO1.c1ccc2c(c1)CCC2. The van der Waals surface area contributed by atoms with Crippen LogP contribution in [0.5, 0.6) is 0 Å². The van der Waals surface area contributed by atoms with E-state index in [0.717, 1.165) is 11.3 Å². The molecule has 2 heterocycles. The lowest BCUT2D eigenvalue weighted by molar-refractivity contribution is -0.116. The van der Waals surface area contributed by atoms with Crippen LogP contribution in [0.2, 0.25) is 0 Å². The van der Waals surface area contributed by atoms with Gasteiger partial charge >= 0.3 is 0 Å². The lowest BCUT2D eigenvalue weighted by atomic mass is 10.1. The van der Waals surface area contributed by atoms with E-state index in [1.54, 1.807) is 46.5 Å². The van der Waals surface area contributed by atoms with Crippen LogP contribution in [0.3, 0.4) is 0 Å². The second-order valence-electron chi connectivity index (χ2n) is 6.99. The van der Waals surface area contributed by atoms with E-state index in [0.29, 0.717) is 12.3 Å². The maximum atomic E-state index is 11.9. The van der Waals surface area contributed by atoms with E-state index in [9.17, 15) is 4.79 Å². The van der Waals surface area contributed by atoms with Crippen molar-refractivity contribution in [3.63, 3.8) is 0 Å². The number of hydrogen-bond donors (Lipinski definition) is 2. The molecule has 2 aromatic carbocycles. The van der Waals surface area contributed by atoms with Crippen LogP contribution in [0.4, 0.5) is 11.4 Å². The van der Waals surface area contributed by atoms with Crippen LogP contribution in [0, 0.1) is 0 Å². The highest BCUT2D eigenvalue weighted by atomic mass is 16.5. The molecule has 5 rings (SSSR count). The highest BCUT2D eigenvalue weighted by Gasteiger charge is 2.12. The Bertz CT molecular complexity index is 1000. The van der Waals surface area contributed by atoms with Crippen LogP contribution in [0.25, 0.3) is 0 Å². The number of carbonyl (C=O) groups excluding carboxylic acids is 1. The largest absolute Gasteiger partial charge is 0.460 e. The summed E-state index contributed by atoms with van der Waals surface area (Å²) in [6.07, 6.45) is 8.92. The third-order valence-corrected chi connectivity index (χ3v) is 4.87. The summed E-state index contributed by atoms with van der Waals surface area (Å²) in [5, 5.41) is 2.82. The Labute approximate surface area is 169 Å². The maximum absolute atomic E-state index is 11.9. The smallest absolute Gasteiger partial charge is 0.287 e. The van der Waals surface area contributed by atoms with Crippen LogP contribution in [0.1, 0.15) is 23.1 Å². The molecule has 3 aromatic rings. The summed E-state index contributed by atoms with van der Waals surface area (Å²) < 4.78 is 6.85. The lowest BCUT2D eigenvalue weighted by Crippen LogP contribution is -2.20. The van der Waals surface area contributed by atoms with E-state index >= 15 is 0 Å². The van der Waals surface area contributed by atoms with Gasteiger partial charge in [-0.1, -0.05) is 24.3 Å². The van der Waals surface area contributed by atoms with Gasteiger partial charge in [-0.15, -0.1) is 0 Å². The van der Waals surface area contributed by atoms with Gasteiger partial charge in [0.2, 0.25) is 5.91 Å². The second-order valence-corrected chi connectivity index (χ2v) is 6.99. The third kappa shape index (κ3) is 4.82. The van der Waals surface area contributed by atoms with Crippen molar-refractivity contribution >= 4 is 23.3 Å². The zero-order chi connectivity index (χ0) is 20.1. The van der Waals surface area contributed by atoms with E-state index in [-0.39, 0.29) is 18.5 Å². The Balaban J connectivity index is 0.000000188. The van der Waals surface area contributed by atoms with E-state index in [4.69, 9.17) is 10.5 Å². The number of rotatable bonds is 3. The minimum absolute atomic E-state index is 0.123. The zero-order valence-electron chi connectivity index (χ0n) is 16.0. The summed E-state index contributed by atoms with van der Waals surface area (Å²) in [6, 6.07) is 14.3. The van der Waals surface area contributed by atoms with E-state index < -0.39 is 0 Å². The van der Waals surface area contributed by atoms with Gasteiger partial charge in [-0.05, 0) is 48.6 Å². The average Bonchev–Trinajstić information content (AvgIpc) is 3.40. The number of ether oxygens (including phenoxy) is 1. The average molecular weight is 389 g/mol. The summed E-state index contributed by atoms with van der Waals surface area (Å²) in [5.74, 6) is -0.123. The Morgan fingerprint density at radius 1 is 1.14 bits per heavy atom. The first kappa shape index (κ1) is 18.7. The van der Waals surface area contributed by atoms with Crippen molar-refractivity contribution in [2.75, 3.05) is 5.32 Å². The lowest BCUT2D eigenvalue weighted by Gasteiger charge is -2.15. The highest BCUT2D eigenvalue weighted by Crippen LogP contribution is 2.27. The number of anilines is 1. The van der Waals surface area contributed by atoms with Gasteiger partial charge in [0.25, 0.3) is 6.02 Å². The van der Waals surface area contributed by atoms with Crippen LogP contribution in [-0.2, 0) is 35.5 Å². The first-order valence-electron chi connectivity index (χ1n) is 9.59. The summed E-state index contributed by atoms with van der Waals surface area (Å²) >= 11 is 0. The number of nitrogens with one attached hydrogen (secondary N) is 1. The summed E-state index contributed by atoms with van der Waals surface area (Å²) in [4.78, 5) is 19.8. The fraction of sp³-hybridized carbons (Fsp3) is 0.227. The number of amides is 1. The Kier molecular flexibility index (Phi) is 5.56. The number of nitrogens with two attached hydrogens (primary N) is 1. The fourth-order valence-electron chi connectivity index (χ4n) is 3.45. The van der Waals surface area contributed by atoms with Crippen LogP contribution >= 0.6 is 0 Å². The molecule has 2 aliphatic rings. The molecule has 3 N–H and O–H groups in total. The fourth-order valence-corrected chi connectivity index (χ4v) is 3.45. The second kappa shape index (κ2) is 8.60. The summed E-state index contributed by atoms with van der Waals surface area (Å²) in [7, 11) is 0. The van der Waals surface area contributed by atoms with Gasteiger partial charge < -0.3 is 20.4 Å². The maximum Gasteiger partial charge on any atom is 0.287 e. The molecule has 7 nitrogen and oxygen atoms in total. The number of fused-ring (bicyclic) bond motifs is 2. The van der Waals surface area contributed by atoms with Crippen molar-refractivity contribution in [2.24, 2.45) is 10.7 Å². The van der Waals surface area contributed by atoms with Gasteiger partial charge in [0.1, 0.15) is 13.2 Å². The monoisotopic (exact) mass is 389 g/mol. The number of benzene rings is 2. The van der Waals surface area contributed by atoms with Crippen LogP contribution < -0.4 is 11.1 Å². The molecule has 1 amide bonds. The summed E-state index contributed by atoms with van der Waals surface area (Å²) in [6.45, 7) is 0.578. The molecular weight excluding hydrogens is 366 g/mol. The number of nitrogens with zero attached hydrogens (tertiary/aromatic N) is 3. The third-order valence-electron chi connectivity index (χ3n) is 4.87. The van der Waals surface area contributed by atoms with Crippen molar-refractivity contribution in [1.29, 1.82) is 0 Å². The molecule has 0 spiro atoms. The van der Waals surface area contributed by atoms with Gasteiger partial charge in [-0.25, -0.2) is 4.98 Å². The van der Waals surface area contributed by atoms with E-state index in [1.807, 2.05) is 6.07 Å². The standard InChI is InChI=1S/C13H13N5O2.C9H10/c14-13-17-11-2-1-10(5-9(11)7-20-13)16-12(19)6-18-4-3-15-8-18;1-2-5-9-7-3-6-8(9)4-1/h1-5,8H,6-7H2,(H2,14,17)(H,16,19);1-2,4-5H,3,6-7H2. The number of aryl methyl sites for hydroxylation is 2. The van der Waals surface area contributed by atoms with Crippen molar-refractivity contribution in [1.82, 2.24) is 9.55 Å². The minimum atomic E-state index is -0.123. The van der Waals surface area contributed by atoms with Crippen molar-refractivity contribution in [2.45, 2.75) is 32.4 Å². The first-order chi connectivity index (χ1) is 14.2. The Hall–Kier alpha value is -3.61. The minimum Gasteiger partial charge on any atom is -0.460 e. The molecular formula is C22H23N5O2. The van der Waals surface area contributed by atoms with Crippen molar-refractivity contribution in [3.8, 4) is 0 Å². The molecule has 148 valence electrons. The number of imidazole rings is 1. The van der Waals surface area contributed by atoms with Crippen LogP contribution in [0.15, 0.2) is 66.2 Å². The molecule has 29 heavy (non-hydrogen) atoms. The molecule has 0 bridgehead atoms. The number of aliphatic imine (C=N–C) groups is 1. The van der Waals surface area contributed by atoms with E-state index in [1.165, 1.54) is 19.3 Å². The summed E-state index contributed by atoms with van der Waals surface area (Å²) in [5.41, 5.74) is 11.0. The molecule has 1 aliphatic heterocycles. The molecule has 0 atom stereocenters. The van der Waals surface area contributed by atoms with Gasteiger partial charge in [-0.2, -0.15) is 4.99 Å². The van der Waals surface area contributed by atoms with Crippen molar-refractivity contribution < 1.29 is 9.53 Å². The number of aromatic nitrogens is 2. The molecule has 7 heteroatoms. The Morgan fingerprint density at radius 2 is 1.93 bits per heavy atom. The van der Waals surface area contributed by atoms with Gasteiger partial charge in [0.05, 0.1) is 12.0 Å². The molecule has 0 saturated heterocycles. The van der Waals surface area contributed by atoms with Crippen molar-refractivity contribution in [3.05, 3.63) is 77.9 Å². The van der Waals surface area contributed by atoms with Gasteiger partial charge in [0.15, 0.2) is 0 Å². The Morgan fingerprint density at radius 3 is 2.66 bits per heavy atom. The predicted molar refractivity (Wildman–Crippen MR) is 112 cm³/mol. The number of amidine groups is 1. The highest BCUT2D eigenvalue weighted by molar-refractivity contribution is 5.91. The zero-order valence-corrected chi connectivity index (χ0v) is 16.0. The molecule has 0 radical (unpaired) electrons.